The Kier molecular flexibility index (Phi) is 5.04. The molecule has 2 nitrogen and oxygen atoms in total. The first-order chi connectivity index (χ1) is 5.83. The summed E-state index contributed by atoms with van der Waals surface area (Å²) in [6.07, 6.45) is 3.90. The van der Waals surface area contributed by atoms with E-state index < -0.39 is 0 Å². The van der Waals surface area contributed by atoms with Crippen LogP contribution in [0.3, 0.4) is 0 Å². The standard InChI is InChI=1S/C9H20N2S/c1-8(4-5-10)11-7-9-3-2-6-12-9/h8-9,11H,2-7,10H2,1H3. The van der Waals surface area contributed by atoms with Crippen molar-refractivity contribution in [3.63, 3.8) is 0 Å². The van der Waals surface area contributed by atoms with Crippen LogP contribution in [0.25, 0.3) is 0 Å². The number of hydrogen-bond donors (Lipinski definition) is 2. The Labute approximate surface area is 79.7 Å². The van der Waals surface area contributed by atoms with Gasteiger partial charge in [-0.2, -0.15) is 11.8 Å². The summed E-state index contributed by atoms with van der Waals surface area (Å²) >= 11 is 2.11. The van der Waals surface area contributed by atoms with E-state index in [1.165, 1.54) is 25.1 Å². The second-order valence-corrected chi connectivity index (χ2v) is 4.93. The zero-order chi connectivity index (χ0) is 8.81. The van der Waals surface area contributed by atoms with Crippen molar-refractivity contribution in [1.29, 1.82) is 0 Å². The van der Waals surface area contributed by atoms with Gasteiger partial charge in [0.15, 0.2) is 0 Å². The molecule has 72 valence electrons. The summed E-state index contributed by atoms with van der Waals surface area (Å²) in [5, 5.41) is 4.39. The first-order valence-corrected chi connectivity index (χ1v) is 5.93. The van der Waals surface area contributed by atoms with E-state index in [-0.39, 0.29) is 0 Å². The molecule has 0 saturated carbocycles. The zero-order valence-electron chi connectivity index (χ0n) is 7.88. The first-order valence-electron chi connectivity index (χ1n) is 4.88. The Morgan fingerprint density at radius 2 is 2.50 bits per heavy atom. The summed E-state index contributed by atoms with van der Waals surface area (Å²) in [6.45, 7) is 4.18. The van der Waals surface area contributed by atoms with Crippen LogP contribution in [0.15, 0.2) is 0 Å². The van der Waals surface area contributed by atoms with Crippen molar-refractivity contribution in [1.82, 2.24) is 5.32 Å². The molecular weight excluding hydrogens is 168 g/mol. The van der Waals surface area contributed by atoms with Gasteiger partial charge in [0, 0.05) is 17.8 Å². The summed E-state index contributed by atoms with van der Waals surface area (Å²) < 4.78 is 0. The molecule has 1 aliphatic rings. The minimum Gasteiger partial charge on any atom is -0.330 e. The van der Waals surface area contributed by atoms with E-state index in [4.69, 9.17) is 5.73 Å². The molecule has 0 aromatic rings. The molecule has 2 atom stereocenters. The van der Waals surface area contributed by atoms with Crippen molar-refractivity contribution < 1.29 is 0 Å². The molecule has 3 N–H and O–H groups in total. The molecule has 1 rings (SSSR count). The molecule has 1 saturated heterocycles. The third kappa shape index (κ3) is 3.78. The highest BCUT2D eigenvalue weighted by molar-refractivity contribution is 8.00. The minimum absolute atomic E-state index is 0.594. The molecule has 0 radical (unpaired) electrons. The van der Waals surface area contributed by atoms with Crippen molar-refractivity contribution in [2.45, 2.75) is 37.5 Å². The topological polar surface area (TPSA) is 38.0 Å². The van der Waals surface area contributed by atoms with Crippen LogP contribution in [0.5, 0.6) is 0 Å². The molecule has 1 fully saturated rings. The molecule has 0 spiro atoms. The molecule has 1 heterocycles. The average Bonchev–Trinajstić information content (AvgIpc) is 2.53. The molecule has 0 aliphatic carbocycles. The zero-order valence-corrected chi connectivity index (χ0v) is 8.70. The normalized spacial score (nSPS) is 26.0. The lowest BCUT2D eigenvalue weighted by Crippen LogP contribution is -2.33. The maximum absolute atomic E-state index is 5.47. The summed E-state index contributed by atoms with van der Waals surface area (Å²) in [5.74, 6) is 1.36. The smallest absolute Gasteiger partial charge is 0.0172 e. The minimum atomic E-state index is 0.594. The summed E-state index contributed by atoms with van der Waals surface area (Å²) in [6, 6.07) is 0.594. The molecule has 1 aliphatic heterocycles. The van der Waals surface area contributed by atoms with Crippen LogP contribution >= 0.6 is 11.8 Å². The Hall–Kier alpha value is 0.270. The summed E-state index contributed by atoms with van der Waals surface area (Å²) in [4.78, 5) is 0. The molecule has 0 bridgehead atoms. The second kappa shape index (κ2) is 5.84. The Bertz CT molecular complexity index is 113. The van der Waals surface area contributed by atoms with E-state index in [1.54, 1.807) is 0 Å². The third-order valence-corrected chi connectivity index (χ3v) is 3.72. The number of hydrogen-bond acceptors (Lipinski definition) is 3. The monoisotopic (exact) mass is 188 g/mol. The van der Waals surface area contributed by atoms with E-state index in [0.717, 1.165) is 18.2 Å². The largest absolute Gasteiger partial charge is 0.330 e. The fourth-order valence-electron chi connectivity index (χ4n) is 1.49. The van der Waals surface area contributed by atoms with E-state index in [2.05, 4.69) is 24.0 Å². The molecular formula is C9H20N2S. The van der Waals surface area contributed by atoms with E-state index >= 15 is 0 Å². The van der Waals surface area contributed by atoms with Crippen molar-refractivity contribution in [2.24, 2.45) is 5.73 Å². The van der Waals surface area contributed by atoms with Crippen molar-refractivity contribution in [3.05, 3.63) is 0 Å². The number of nitrogens with two attached hydrogens (primary N) is 1. The van der Waals surface area contributed by atoms with Gasteiger partial charge in [-0.1, -0.05) is 0 Å². The van der Waals surface area contributed by atoms with Crippen LogP contribution in [0.1, 0.15) is 26.2 Å². The van der Waals surface area contributed by atoms with Crippen LogP contribution < -0.4 is 11.1 Å². The van der Waals surface area contributed by atoms with Crippen LogP contribution in [-0.4, -0.2) is 30.1 Å². The number of nitrogens with one attached hydrogen (secondary N) is 1. The van der Waals surface area contributed by atoms with E-state index in [0.29, 0.717) is 6.04 Å². The lowest BCUT2D eigenvalue weighted by Gasteiger charge is -2.15. The van der Waals surface area contributed by atoms with Crippen molar-refractivity contribution >= 4 is 11.8 Å². The van der Waals surface area contributed by atoms with E-state index in [1.807, 2.05) is 0 Å². The summed E-state index contributed by atoms with van der Waals surface area (Å²) in [7, 11) is 0. The SMILES string of the molecule is CC(CCN)NCC1CCCS1. The molecule has 3 heteroatoms. The highest BCUT2D eigenvalue weighted by Gasteiger charge is 2.15. The van der Waals surface area contributed by atoms with Crippen LogP contribution in [-0.2, 0) is 0 Å². The van der Waals surface area contributed by atoms with Gasteiger partial charge in [0.1, 0.15) is 0 Å². The lowest BCUT2D eigenvalue weighted by atomic mass is 10.2. The van der Waals surface area contributed by atoms with Gasteiger partial charge in [-0.3, -0.25) is 0 Å². The third-order valence-electron chi connectivity index (χ3n) is 2.32. The molecule has 0 aromatic heterocycles. The quantitative estimate of drug-likeness (QED) is 0.681. The maximum Gasteiger partial charge on any atom is 0.0172 e. The highest BCUT2D eigenvalue weighted by Crippen LogP contribution is 2.25. The van der Waals surface area contributed by atoms with Crippen LogP contribution in [0.4, 0.5) is 0 Å². The Balaban J connectivity index is 1.99. The van der Waals surface area contributed by atoms with E-state index in [9.17, 15) is 0 Å². The highest BCUT2D eigenvalue weighted by atomic mass is 32.2. The molecule has 0 aromatic carbocycles. The fourth-order valence-corrected chi connectivity index (χ4v) is 2.70. The molecule has 2 unspecified atom stereocenters. The van der Waals surface area contributed by atoms with Gasteiger partial charge in [-0.25, -0.2) is 0 Å². The second-order valence-electron chi connectivity index (χ2n) is 3.52. The van der Waals surface area contributed by atoms with Gasteiger partial charge >= 0.3 is 0 Å². The predicted octanol–water partition coefficient (Wildman–Crippen LogP) is 1.21. The van der Waals surface area contributed by atoms with Gasteiger partial charge in [0.2, 0.25) is 0 Å². The average molecular weight is 188 g/mol. The Morgan fingerprint density at radius 1 is 1.67 bits per heavy atom. The molecule has 0 amide bonds. The predicted molar refractivity (Wildman–Crippen MR) is 56.6 cm³/mol. The maximum atomic E-state index is 5.47. The van der Waals surface area contributed by atoms with Gasteiger partial charge in [-0.05, 0) is 38.5 Å². The van der Waals surface area contributed by atoms with Gasteiger partial charge in [0.25, 0.3) is 0 Å². The first kappa shape index (κ1) is 10.4. The van der Waals surface area contributed by atoms with Crippen molar-refractivity contribution in [3.8, 4) is 0 Å². The fraction of sp³-hybridized carbons (Fsp3) is 1.00. The van der Waals surface area contributed by atoms with Gasteiger partial charge < -0.3 is 11.1 Å². The van der Waals surface area contributed by atoms with Crippen LogP contribution in [0, 0.1) is 0 Å². The summed E-state index contributed by atoms with van der Waals surface area (Å²) in [5.41, 5.74) is 5.47. The lowest BCUT2D eigenvalue weighted by molar-refractivity contribution is 0.513. The Morgan fingerprint density at radius 3 is 3.08 bits per heavy atom. The van der Waals surface area contributed by atoms with Crippen molar-refractivity contribution in [2.75, 3.05) is 18.8 Å². The van der Waals surface area contributed by atoms with Gasteiger partial charge in [-0.15, -0.1) is 0 Å². The molecule has 12 heavy (non-hydrogen) atoms. The number of thioether (sulfide) groups is 1. The number of rotatable bonds is 5. The van der Waals surface area contributed by atoms with Crippen LogP contribution in [0.2, 0.25) is 0 Å². The van der Waals surface area contributed by atoms with Gasteiger partial charge in [0.05, 0.1) is 0 Å².